The van der Waals surface area contributed by atoms with Gasteiger partial charge in [-0.05, 0) is 196 Å². The molecule has 5 heteroatoms. The number of hydrogen-bond donors (Lipinski definition) is 0. The molecule has 0 amide bonds. The maximum Gasteiger partial charge on any atom is 0.131 e. The summed E-state index contributed by atoms with van der Waals surface area (Å²) in [7, 11) is 0. The summed E-state index contributed by atoms with van der Waals surface area (Å²) in [5, 5.41) is 0. The molecular weight excluding hydrogens is 720 g/mol. The van der Waals surface area contributed by atoms with Crippen LogP contribution in [0.4, 0.5) is 22.0 Å². The zero-order chi connectivity index (χ0) is 40.2. The Morgan fingerprint density at radius 3 is 1.12 bits per heavy atom. The van der Waals surface area contributed by atoms with Crippen LogP contribution in [0.3, 0.4) is 0 Å². The molecule has 0 atom stereocenters. The molecule has 0 unspecified atom stereocenters. The summed E-state index contributed by atoms with van der Waals surface area (Å²) in [5.74, 6) is 4.00. The monoisotopic (exact) mass is 782 g/mol. The highest BCUT2D eigenvalue weighted by molar-refractivity contribution is 5.66. The van der Waals surface area contributed by atoms with E-state index >= 15 is 0 Å². The van der Waals surface area contributed by atoms with Crippen molar-refractivity contribution in [2.45, 2.75) is 142 Å². The third-order valence-corrected chi connectivity index (χ3v) is 15.0. The second-order valence-corrected chi connectivity index (χ2v) is 18.8. The van der Waals surface area contributed by atoms with Crippen LogP contribution in [0.15, 0.2) is 66.7 Å². The smallest absolute Gasteiger partial charge is 0.131 e. The van der Waals surface area contributed by atoms with Gasteiger partial charge in [-0.1, -0.05) is 75.9 Å². The average molecular weight is 783 g/mol. The van der Waals surface area contributed by atoms with E-state index in [2.05, 4.69) is 19.9 Å². The van der Waals surface area contributed by atoms with Crippen LogP contribution in [-0.4, -0.2) is 0 Å². The zero-order valence-corrected chi connectivity index (χ0v) is 34.7. The highest BCUT2D eigenvalue weighted by Crippen LogP contribution is 2.46. The van der Waals surface area contributed by atoms with Gasteiger partial charge in [0.1, 0.15) is 29.1 Å². The lowest BCUT2D eigenvalue weighted by molar-refractivity contribution is 0.165. The average Bonchev–Trinajstić information content (AvgIpc) is 3.22. The minimum Gasteiger partial charge on any atom is -0.207 e. The van der Waals surface area contributed by atoms with Crippen molar-refractivity contribution in [1.82, 2.24) is 0 Å². The topological polar surface area (TPSA) is 0 Å². The molecule has 0 aliphatic heterocycles. The molecule has 4 aromatic carbocycles. The largest absolute Gasteiger partial charge is 0.207 e. The van der Waals surface area contributed by atoms with E-state index < -0.39 is 17.5 Å². The van der Waals surface area contributed by atoms with Gasteiger partial charge in [-0.2, -0.15) is 0 Å². The molecular formula is C52H63F5. The molecule has 4 aliphatic carbocycles. The first-order valence-corrected chi connectivity index (χ1v) is 22.2. The number of benzene rings is 4. The van der Waals surface area contributed by atoms with Crippen LogP contribution in [-0.2, 0) is 0 Å². The van der Waals surface area contributed by atoms with E-state index in [0.29, 0.717) is 28.5 Å². The van der Waals surface area contributed by atoms with Crippen molar-refractivity contribution in [1.29, 1.82) is 0 Å². The lowest BCUT2D eigenvalue weighted by atomic mass is 9.68. The first-order valence-electron chi connectivity index (χ1n) is 22.2. The van der Waals surface area contributed by atoms with Gasteiger partial charge < -0.3 is 0 Å². The number of hydrogen-bond acceptors (Lipinski definition) is 0. The Balaban J connectivity index is 0.000000174. The minimum absolute atomic E-state index is 0.0324. The van der Waals surface area contributed by atoms with Gasteiger partial charge in [0.05, 0.1) is 0 Å². The summed E-state index contributed by atoms with van der Waals surface area (Å²) < 4.78 is 71.2. The standard InChI is InChI=1S/C26H31F3.C26H32F2/c1-16-3-5-18(6-4-16)19-7-9-20(10-8-19)21-11-12-23(26(29)13-21)22-14-24(27)17(2)25(28)15-22;1-17-3-6-19(7-4-17)20-9-11-21(12-10-20)22-13-14-24(26(28)15-22)23-8-5-18(2)25(27)16-23/h11-16,18-20H,3-10H2,1-2H3;5,8,13-17,19-21H,3-4,6-7,9-12H2,1-2H3. The fraction of sp³-hybridized carbons (Fsp3) is 0.538. The lowest BCUT2D eigenvalue weighted by Crippen LogP contribution is -2.24. The number of aryl methyl sites for hydroxylation is 1. The molecule has 4 fully saturated rings. The molecule has 0 nitrogen and oxygen atoms in total. The van der Waals surface area contributed by atoms with Crippen LogP contribution in [0.25, 0.3) is 22.3 Å². The molecule has 8 rings (SSSR count). The van der Waals surface area contributed by atoms with Crippen molar-refractivity contribution >= 4 is 0 Å². The maximum absolute atomic E-state index is 14.8. The molecule has 4 aromatic rings. The van der Waals surface area contributed by atoms with Gasteiger partial charge >= 0.3 is 0 Å². The second-order valence-electron chi connectivity index (χ2n) is 18.8. The number of halogens is 5. The Hall–Kier alpha value is -3.47. The third kappa shape index (κ3) is 10.0. The third-order valence-electron chi connectivity index (χ3n) is 15.0. The molecule has 306 valence electrons. The van der Waals surface area contributed by atoms with E-state index in [1.54, 1.807) is 37.3 Å². The van der Waals surface area contributed by atoms with Gasteiger partial charge in [-0.15, -0.1) is 0 Å². The van der Waals surface area contributed by atoms with Crippen LogP contribution < -0.4 is 0 Å². The van der Waals surface area contributed by atoms with Gasteiger partial charge in [0, 0.05) is 16.7 Å². The van der Waals surface area contributed by atoms with Gasteiger partial charge in [-0.3, -0.25) is 0 Å². The molecule has 57 heavy (non-hydrogen) atoms. The summed E-state index contributed by atoms with van der Waals surface area (Å²) >= 11 is 0. The highest BCUT2D eigenvalue weighted by atomic mass is 19.1. The summed E-state index contributed by atoms with van der Waals surface area (Å²) in [4.78, 5) is 0. The molecule has 0 heterocycles. The Morgan fingerprint density at radius 2 is 0.737 bits per heavy atom. The van der Waals surface area contributed by atoms with Crippen molar-refractivity contribution in [2.24, 2.45) is 35.5 Å². The van der Waals surface area contributed by atoms with Crippen LogP contribution >= 0.6 is 0 Å². The summed E-state index contributed by atoms with van der Waals surface area (Å²) in [6, 6.07) is 18.2. The molecule has 0 spiro atoms. The van der Waals surface area contributed by atoms with Crippen LogP contribution in [0.1, 0.15) is 151 Å². The van der Waals surface area contributed by atoms with Crippen molar-refractivity contribution in [2.75, 3.05) is 0 Å². The van der Waals surface area contributed by atoms with Gasteiger partial charge in [0.15, 0.2) is 0 Å². The van der Waals surface area contributed by atoms with Crippen LogP contribution in [0, 0.1) is 78.4 Å². The minimum atomic E-state index is -0.640. The van der Waals surface area contributed by atoms with E-state index in [4.69, 9.17) is 0 Å². The fourth-order valence-electron chi connectivity index (χ4n) is 11.0. The van der Waals surface area contributed by atoms with E-state index in [1.165, 1.54) is 115 Å². The normalized spacial score (nSPS) is 28.0. The highest BCUT2D eigenvalue weighted by Gasteiger charge is 2.32. The maximum atomic E-state index is 14.8. The first kappa shape index (κ1) is 41.7. The molecule has 0 N–H and O–H groups in total. The van der Waals surface area contributed by atoms with Gasteiger partial charge in [0.2, 0.25) is 0 Å². The van der Waals surface area contributed by atoms with Gasteiger partial charge in [-0.25, -0.2) is 22.0 Å². The van der Waals surface area contributed by atoms with E-state index in [9.17, 15) is 22.0 Å². The molecule has 0 saturated heterocycles. The SMILES string of the molecule is Cc1c(F)cc(-c2ccc(C3CCC(C4CCC(C)CC4)CC3)cc2F)cc1F.Cc1ccc(-c2ccc(C3CCC(C4CCC(C)CC4)CC3)cc2F)cc1F. The molecule has 0 aromatic heterocycles. The predicted octanol–water partition coefficient (Wildman–Crippen LogP) is 16.2. The quantitative estimate of drug-likeness (QED) is 0.171. The molecule has 4 aliphatic rings. The summed E-state index contributed by atoms with van der Waals surface area (Å²) in [5.41, 5.74) is 4.32. The van der Waals surface area contributed by atoms with Crippen molar-refractivity contribution in [3.63, 3.8) is 0 Å². The fourth-order valence-corrected chi connectivity index (χ4v) is 11.0. The second kappa shape index (κ2) is 18.6. The Bertz CT molecular complexity index is 1930. The van der Waals surface area contributed by atoms with Crippen LogP contribution in [0.2, 0.25) is 0 Å². The number of rotatable bonds is 6. The Morgan fingerprint density at radius 1 is 0.368 bits per heavy atom. The van der Waals surface area contributed by atoms with Crippen molar-refractivity contribution < 1.29 is 22.0 Å². The lowest BCUT2D eigenvalue weighted by Gasteiger charge is -2.37. The summed E-state index contributed by atoms with van der Waals surface area (Å²) in [6.07, 6.45) is 20.8. The summed E-state index contributed by atoms with van der Waals surface area (Å²) in [6.45, 7) is 7.86. The molecule has 0 radical (unpaired) electrons. The van der Waals surface area contributed by atoms with E-state index in [1.807, 2.05) is 12.1 Å². The van der Waals surface area contributed by atoms with Crippen molar-refractivity contribution in [3.05, 3.63) is 118 Å². The molecule has 4 saturated carbocycles. The Labute approximate surface area is 339 Å². The predicted molar refractivity (Wildman–Crippen MR) is 225 cm³/mol. The van der Waals surface area contributed by atoms with Crippen molar-refractivity contribution in [3.8, 4) is 22.3 Å². The first-order chi connectivity index (χ1) is 27.4. The zero-order valence-electron chi connectivity index (χ0n) is 34.7. The molecule has 0 bridgehead atoms. The van der Waals surface area contributed by atoms with E-state index in [0.717, 1.165) is 59.5 Å². The van der Waals surface area contributed by atoms with Crippen LogP contribution in [0.5, 0.6) is 0 Å². The van der Waals surface area contributed by atoms with E-state index in [-0.39, 0.29) is 28.3 Å². The Kier molecular flexibility index (Phi) is 13.6. The van der Waals surface area contributed by atoms with Gasteiger partial charge in [0.25, 0.3) is 0 Å².